The van der Waals surface area contributed by atoms with Gasteiger partial charge in [0.15, 0.2) is 0 Å². The third kappa shape index (κ3) is 6.18. The van der Waals surface area contributed by atoms with Crippen molar-refractivity contribution in [3.8, 4) is 0 Å². The van der Waals surface area contributed by atoms with E-state index >= 15 is 0 Å². The maximum atomic E-state index is 11.7. The summed E-state index contributed by atoms with van der Waals surface area (Å²) in [5, 5.41) is 22.4. The third-order valence-electron chi connectivity index (χ3n) is 2.85. The predicted molar refractivity (Wildman–Crippen MR) is 80.6 cm³/mol. The summed E-state index contributed by atoms with van der Waals surface area (Å²) in [4.78, 5) is 21.8. The van der Waals surface area contributed by atoms with Gasteiger partial charge in [0, 0.05) is 18.2 Å². The van der Waals surface area contributed by atoms with Gasteiger partial charge in [-0.3, -0.25) is 14.9 Å². The summed E-state index contributed by atoms with van der Waals surface area (Å²) in [5.74, 6) is 0.0779. The Hall–Kier alpha value is -2.21. The Kier molecular flexibility index (Phi) is 6.55. The summed E-state index contributed by atoms with van der Waals surface area (Å²) in [5.41, 5.74) is 0.703. The maximum absolute atomic E-state index is 11.7. The van der Waals surface area contributed by atoms with Gasteiger partial charge in [0.2, 0.25) is 5.91 Å². The summed E-state index contributed by atoms with van der Waals surface area (Å²) in [6, 6.07) is 5.64. The Morgan fingerprint density at radius 3 is 2.48 bits per heavy atom. The highest BCUT2D eigenvalue weighted by atomic mass is 16.6. The van der Waals surface area contributed by atoms with Gasteiger partial charge in [0.05, 0.1) is 17.6 Å². The zero-order valence-corrected chi connectivity index (χ0v) is 12.2. The van der Waals surface area contributed by atoms with Crippen LogP contribution in [0.2, 0.25) is 0 Å². The van der Waals surface area contributed by atoms with E-state index in [1.54, 1.807) is 18.2 Å². The monoisotopic (exact) mass is 292 g/mol. The van der Waals surface area contributed by atoms with E-state index in [9.17, 15) is 20.0 Å². The van der Waals surface area contributed by atoms with Gasteiger partial charge in [-0.25, -0.2) is 0 Å². The van der Waals surface area contributed by atoms with E-state index in [0.717, 1.165) is 0 Å². The Labute approximate surface area is 123 Å². The molecule has 1 unspecified atom stereocenters. The first-order chi connectivity index (χ1) is 9.92. The largest absolute Gasteiger partial charge is 0.394 e. The number of hydrogen-bond donors (Lipinski definition) is 2. The number of aliphatic hydroxyl groups is 1. The molecule has 0 aliphatic carbocycles. The van der Waals surface area contributed by atoms with Crippen LogP contribution in [0.15, 0.2) is 30.3 Å². The molecule has 1 aromatic rings. The molecular formula is C15H20N2O4. The second-order valence-corrected chi connectivity index (χ2v) is 5.20. The number of nitro benzene ring substituents is 1. The number of hydrogen-bond acceptors (Lipinski definition) is 4. The lowest BCUT2D eigenvalue weighted by Gasteiger charge is -2.17. The molecule has 0 radical (unpaired) electrons. The highest BCUT2D eigenvalue weighted by molar-refractivity contribution is 5.91. The minimum atomic E-state index is -0.474. The number of amides is 1. The van der Waals surface area contributed by atoms with Crippen molar-refractivity contribution in [2.24, 2.45) is 5.92 Å². The van der Waals surface area contributed by atoms with Crippen LogP contribution in [0.25, 0.3) is 6.08 Å². The van der Waals surface area contributed by atoms with Gasteiger partial charge in [0.1, 0.15) is 0 Å². The molecule has 1 rings (SSSR count). The van der Waals surface area contributed by atoms with Crippen molar-refractivity contribution < 1.29 is 14.8 Å². The summed E-state index contributed by atoms with van der Waals surface area (Å²) < 4.78 is 0. The van der Waals surface area contributed by atoms with E-state index in [1.807, 2.05) is 13.8 Å². The van der Waals surface area contributed by atoms with Crippen LogP contribution in [-0.2, 0) is 4.79 Å². The van der Waals surface area contributed by atoms with Crippen molar-refractivity contribution in [1.29, 1.82) is 0 Å². The minimum Gasteiger partial charge on any atom is -0.394 e. The molecule has 6 heteroatoms. The minimum absolute atomic E-state index is 0.00822. The van der Waals surface area contributed by atoms with Crippen LogP contribution in [0.4, 0.5) is 5.69 Å². The van der Waals surface area contributed by atoms with Gasteiger partial charge >= 0.3 is 0 Å². The van der Waals surface area contributed by atoms with Crippen molar-refractivity contribution in [3.05, 3.63) is 46.0 Å². The van der Waals surface area contributed by atoms with E-state index in [-0.39, 0.29) is 24.2 Å². The second kappa shape index (κ2) is 8.16. The lowest BCUT2D eigenvalue weighted by molar-refractivity contribution is -0.384. The van der Waals surface area contributed by atoms with Crippen LogP contribution in [0, 0.1) is 16.0 Å². The number of nitrogens with one attached hydrogen (secondary N) is 1. The lowest BCUT2D eigenvalue weighted by atomic mass is 10.0. The summed E-state index contributed by atoms with van der Waals surface area (Å²) in [6.45, 7) is 3.93. The van der Waals surface area contributed by atoms with Gasteiger partial charge in [-0.2, -0.15) is 0 Å². The first kappa shape index (κ1) is 16.8. The van der Waals surface area contributed by atoms with E-state index in [2.05, 4.69) is 5.32 Å². The van der Waals surface area contributed by atoms with Crippen LogP contribution in [-0.4, -0.2) is 28.6 Å². The van der Waals surface area contributed by atoms with Gasteiger partial charge in [-0.05, 0) is 36.1 Å². The molecule has 0 bridgehead atoms. The predicted octanol–water partition coefficient (Wildman–Crippen LogP) is 2.13. The molecule has 114 valence electrons. The first-order valence-corrected chi connectivity index (χ1v) is 6.76. The molecule has 1 atom stereocenters. The van der Waals surface area contributed by atoms with Gasteiger partial charge < -0.3 is 10.4 Å². The molecule has 0 aliphatic rings. The van der Waals surface area contributed by atoms with Crippen molar-refractivity contribution in [2.75, 3.05) is 6.61 Å². The molecule has 6 nitrogen and oxygen atoms in total. The standard InChI is InChI=1S/C15H20N2O4/c1-11(2)9-13(10-18)16-15(19)8-5-12-3-6-14(7-4-12)17(20)21/h3-8,11,13,18H,9-10H2,1-2H3,(H,16,19)/b8-5+. The maximum Gasteiger partial charge on any atom is 0.269 e. The number of nitrogens with zero attached hydrogens (tertiary/aromatic N) is 1. The first-order valence-electron chi connectivity index (χ1n) is 6.76. The quantitative estimate of drug-likeness (QED) is 0.457. The Bertz CT molecular complexity index is 509. The molecule has 21 heavy (non-hydrogen) atoms. The lowest BCUT2D eigenvalue weighted by Crippen LogP contribution is -2.37. The van der Waals surface area contributed by atoms with Crippen LogP contribution in [0.3, 0.4) is 0 Å². The number of carbonyl (C=O) groups is 1. The number of rotatable bonds is 7. The van der Waals surface area contributed by atoms with Crippen LogP contribution < -0.4 is 5.32 Å². The van der Waals surface area contributed by atoms with E-state index < -0.39 is 4.92 Å². The average Bonchev–Trinajstić information content (AvgIpc) is 2.44. The molecular weight excluding hydrogens is 272 g/mol. The molecule has 0 fully saturated rings. The summed E-state index contributed by atoms with van der Waals surface area (Å²) in [7, 11) is 0. The summed E-state index contributed by atoms with van der Waals surface area (Å²) in [6.07, 6.45) is 3.63. The molecule has 0 aromatic heterocycles. The topological polar surface area (TPSA) is 92.5 Å². The number of benzene rings is 1. The molecule has 0 aliphatic heterocycles. The molecule has 0 saturated carbocycles. The van der Waals surface area contributed by atoms with Crippen molar-refractivity contribution in [3.63, 3.8) is 0 Å². The zero-order chi connectivity index (χ0) is 15.8. The highest BCUT2D eigenvalue weighted by Crippen LogP contribution is 2.12. The Morgan fingerprint density at radius 2 is 2.00 bits per heavy atom. The number of nitro groups is 1. The molecule has 2 N–H and O–H groups in total. The Morgan fingerprint density at radius 1 is 1.38 bits per heavy atom. The average molecular weight is 292 g/mol. The molecule has 0 spiro atoms. The molecule has 1 amide bonds. The zero-order valence-electron chi connectivity index (χ0n) is 12.2. The van der Waals surface area contributed by atoms with E-state index in [0.29, 0.717) is 17.9 Å². The van der Waals surface area contributed by atoms with Gasteiger partial charge in [-0.15, -0.1) is 0 Å². The van der Waals surface area contributed by atoms with Gasteiger partial charge in [0.25, 0.3) is 5.69 Å². The Balaban J connectivity index is 2.58. The van der Waals surface area contributed by atoms with Crippen LogP contribution in [0.1, 0.15) is 25.8 Å². The fraction of sp³-hybridized carbons (Fsp3) is 0.400. The molecule has 0 saturated heterocycles. The molecule has 1 aromatic carbocycles. The molecule has 0 heterocycles. The normalized spacial score (nSPS) is 12.6. The smallest absolute Gasteiger partial charge is 0.269 e. The third-order valence-corrected chi connectivity index (χ3v) is 2.85. The van der Waals surface area contributed by atoms with E-state index in [4.69, 9.17) is 0 Å². The number of carbonyl (C=O) groups excluding carboxylic acids is 1. The fourth-order valence-corrected chi connectivity index (χ4v) is 1.88. The number of non-ortho nitro benzene ring substituents is 1. The summed E-state index contributed by atoms with van der Waals surface area (Å²) >= 11 is 0. The van der Waals surface area contributed by atoms with Crippen molar-refractivity contribution in [2.45, 2.75) is 26.3 Å². The van der Waals surface area contributed by atoms with Crippen molar-refractivity contribution in [1.82, 2.24) is 5.32 Å². The SMILES string of the molecule is CC(C)CC(CO)NC(=O)/C=C/c1ccc([N+](=O)[O-])cc1. The number of aliphatic hydroxyl groups excluding tert-OH is 1. The van der Waals surface area contributed by atoms with Crippen LogP contribution >= 0.6 is 0 Å². The van der Waals surface area contributed by atoms with Crippen LogP contribution in [0.5, 0.6) is 0 Å². The van der Waals surface area contributed by atoms with E-state index in [1.165, 1.54) is 18.2 Å². The van der Waals surface area contributed by atoms with Crippen molar-refractivity contribution >= 4 is 17.7 Å². The highest BCUT2D eigenvalue weighted by Gasteiger charge is 2.11. The van der Waals surface area contributed by atoms with Gasteiger partial charge in [-0.1, -0.05) is 13.8 Å². The second-order valence-electron chi connectivity index (χ2n) is 5.20. The fourth-order valence-electron chi connectivity index (χ4n) is 1.88.